The van der Waals surface area contributed by atoms with Crippen LogP contribution in [-0.4, -0.2) is 35.2 Å². The van der Waals surface area contributed by atoms with Crippen LogP contribution >= 0.6 is 0 Å². The summed E-state index contributed by atoms with van der Waals surface area (Å²) in [5.74, 6) is -0.505. The molecule has 192 valence electrons. The fourth-order valence-corrected chi connectivity index (χ4v) is 4.15. The molecule has 1 atom stereocenters. The molecule has 5 heteroatoms. The minimum atomic E-state index is -1.01. The lowest BCUT2D eigenvalue weighted by atomic mass is 9.80. The normalized spacial score (nSPS) is 12.6. The summed E-state index contributed by atoms with van der Waals surface area (Å²) in [6.07, 6.45) is 3.70. The smallest absolute Gasteiger partial charge is 0.417 e. The molecule has 0 aliphatic carbocycles. The fourth-order valence-electron chi connectivity index (χ4n) is 4.15. The summed E-state index contributed by atoms with van der Waals surface area (Å²) < 4.78 is 12.4. The molecule has 2 amide bonds. The quantitative estimate of drug-likeness (QED) is 0.184. The van der Waals surface area contributed by atoms with Crippen LogP contribution in [0.5, 0.6) is 0 Å². The molecule has 1 unspecified atom stereocenters. The Labute approximate surface area is 220 Å². The molecule has 0 aliphatic rings. The van der Waals surface area contributed by atoms with Crippen LogP contribution in [0.25, 0.3) is 0 Å². The van der Waals surface area contributed by atoms with Gasteiger partial charge in [-0.25, -0.2) is 9.69 Å². The standard InChI is InChI=1S/C32H35NO4/c1-6-17-29(34)33(30(35)37-31(3,4)5)28(7-2)24-36-32(25-18-11-8-12-19-25,26-20-13-9-14-21-26)27-22-15-10-16-23-27/h6-23,28H,2,24H2,1,3-5H3/b17-6+. The van der Waals surface area contributed by atoms with Gasteiger partial charge in [-0.2, -0.15) is 0 Å². The van der Waals surface area contributed by atoms with Crippen molar-refractivity contribution in [3.8, 4) is 0 Å². The van der Waals surface area contributed by atoms with Crippen molar-refractivity contribution >= 4 is 12.0 Å². The molecule has 0 N–H and O–H groups in total. The monoisotopic (exact) mass is 497 g/mol. The molecule has 0 heterocycles. The van der Waals surface area contributed by atoms with Gasteiger partial charge in [0, 0.05) is 0 Å². The second-order valence-corrected chi connectivity index (χ2v) is 9.58. The van der Waals surface area contributed by atoms with E-state index < -0.39 is 29.2 Å². The van der Waals surface area contributed by atoms with Crippen molar-refractivity contribution in [2.75, 3.05) is 6.61 Å². The Balaban J connectivity index is 2.11. The first-order chi connectivity index (χ1) is 17.7. The van der Waals surface area contributed by atoms with E-state index in [1.807, 2.05) is 91.0 Å². The maximum atomic E-state index is 13.2. The van der Waals surface area contributed by atoms with Gasteiger partial charge in [-0.15, -0.1) is 6.58 Å². The van der Waals surface area contributed by atoms with Crippen molar-refractivity contribution < 1.29 is 19.1 Å². The fraction of sp³-hybridized carbons (Fsp3) is 0.250. The Morgan fingerprint density at radius 3 is 1.62 bits per heavy atom. The minimum Gasteiger partial charge on any atom is -0.443 e. The minimum absolute atomic E-state index is 0.00921. The van der Waals surface area contributed by atoms with E-state index >= 15 is 0 Å². The molecule has 37 heavy (non-hydrogen) atoms. The van der Waals surface area contributed by atoms with Gasteiger partial charge in [0.25, 0.3) is 5.91 Å². The van der Waals surface area contributed by atoms with Crippen LogP contribution in [0.2, 0.25) is 0 Å². The highest BCUT2D eigenvalue weighted by atomic mass is 16.6. The molecule has 3 aromatic carbocycles. The summed E-state index contributed by atoms with van der Waals surface area (Å²) in [6, 6.07) is 29.0. The Hall–Kier alpha value is -3.96. The average Bonchev–Trinajstić information content (AvgIpc) is 2.89. The second kappa shape index (κ2) is 12.3. The number of hydrogen-bond acceptors (Lipinski definition) is 4. The van der Waals surface area contributed by atoms with E-state index in [1.165, 1.54) is 12.2 Å². The first-order valence-electron chi connectivity index (χ1n) is 12.3. The van der Waals surface area contributed by atoms with Crippen molar-refractivity contribution in [2.24, 2.45) is 0 Å². The molecule has 0 radical (unpaired) electrons. The lowest BCUT2D eigenvalue weighted by Gasteiger charge is -2.38. The van der Waals surface area contributed by atoms with Gasteiger partial charge in [-0.05, 0) is 50.5 Å². The van der Waals surface area contributed by atoms with Crippen LogP contribution < -0.4 is 0 Å². The Kier molecular flexibility index (Phi) is 9.20. The molecule has 3 rings (SSSR count). The SMILES string of the molecule is C=CC(COC(c1ccccc1)(c1ccccc1)c1ccccc1)N(C(=O)/C=C/C)C(=O)OC(C)(C)C. The topological polar surface area (TPSA) is 55.8 Å². The number of carbonyl (C=O) groups is 2. The van der Waals surface area contributed by atoms with Crippen LogP contribution in [0.3, 0.4) is 0 Å². The zero-order valence-corrected chi connectivity index (χ0v) is 22.0. The van der Waals surface area contributed by atoms with Crippen molar-refractivity contribution in [2.45, 2.75) is 44.9 Å². The third-order valence-corrected chi connectivity index (χ3v) is 5.75. The van der Waals surface area contributed by atoms with Gasteiger partial charge in [0.15, 0.2) is 0 Å². The second-order valence-electron chi connectivity index (χ2n) is 9.58. The lowest BCUT2D eigenvalue weighted by Crippen LogP contribution is -2.49. The van der Waals surface area contributed by atoms with E-state index in [9.17, 15) is 9.59 Å². The van der Waals surface area contributed by atoms with Crippen LogP contribution in [0, 0.1) is 0 Å². The number of benzene rings is 3. The van der Waals surface area contributed by atoms with Crippen LogP contribution in [-0.2, 0) is 19.9 Å². The van der Waals surface area contributed by atoms with Crippen LogP contribution in [0.1, 0.15) is 44.4 Å². The zero-order chi connectivity index (χ0) is 26.9. The largest absolute Gasteiger partial charge is 0.443 e. The zero-order valence-electron chi connectivity index (χ0n) is 22.0. The number of rotatable bonds is 9. The summed E-state index contributed by atoms with van der Waals surface area (Å²) in [5.41, 5.74) is 0.963. The summed E-state index contributed by atoms with van der Waals surface area (Å²) in [5, 5.41) is 0. The number of imide groups is 1. The van der Waals surface area contributed by atoms with E-state index in [0.717, 1.165) is 21.6 Å². The van der Waals surface area contributed by atoms with Gasteiger partial charge in [-0.1, -0.05) is 103 Å². The number of allylic oxidation sites excluding steroid dienone is 1. The molecule has 0 bridgehead atoms. The van der Waals surface area contributed by atoms with E-state index in [1.54, 1.807) is 33.8 Å². The first kappa shape index (κ1) is 27.6. The highest BCUT2D eigenvalue weighted by molar-refractivity contribution is 5.99. The molecule has 0 aliphatic heterocycles. The van der Waals surface area contributed by atoms with Crippen LogP contribution in [0.15, 0.2) is 116 Å². The molecule has 0 aromatic heterocycles. The molecule has 0 fully saturated rings. The number of hydrogen-bond donors (Lipinski definition) is 0. The van der Waals surface area contributed by atoms with Crippen LogP contribution in [0.4, 0.5) is 4.79 Å². The number of carbonyl (C=O) groups excluding carboxylic acids is 2. The number of amides is 2. The predicted octanol–water partition coefficient (Wildman–Crippen LogP) is 6.89. The van der Waals surface area contributed by atoms with Crippen molar-refractivity contribution in [3.05, 3.63) is 132 Å². The molecular weight excluding hydrogens is 462 g/mol. The highest BCUT2D eigenvalue weighted by Gasteiger charge is 2.40. The molecule has 0 saturated carbocycles. The van der Waals surface area contributed by atoms with Crippen molar-refractivity contribution in [3.63, 3.8) is 0 Å². The van der Waals surface area contributed by atoms with E-state index in [0.29, 0.717) is 0 Å². The maximum Gasteiger partial charge on any atom is 0.417 e. The molecule has 3 aromatic rings. The Morgan fingerprint density at radius 2 is 1.27 bits per heavy atom. The van der Waals surface area contributed by atoms with E-state index in [4.69, 9.17) is 9.47 Å². The number of nitrogens with zero attached hydrogens (tertiary/aromatic N) is 1. The lowest BCUT2D eigenvalue weighted by molar-refractivity contribution is -0.128. The summed E-state index contributed by atoms with van der Waals surface area (Å²) in [6.45, 7) is 10.9. The van der Waals surface area contributed by atoms with Gasteiger partial charge in [0.2, 0.25) is 0 Å². The van der Waals surface area contributed by atoms with Gasteiger partial charge in [0.05, 0.1) is 12.6 Å². The summed E-state index contributed by atoms with van der Waals surface area (Å²) in [4.78, 5) is 27.3. The molecule has 0 spiro atoms. The van der Waals surface area contributed by atoms with E-state index in [-0.39, 0.29) is 6.61 Å². The summed E-state index contributed by atoms with van der Waals surface area (Å²) in [7, 11) is 0. The van der Waals surface area contributed by atoms with Gasteiger partial charge >= 0.3 is 6.09 Å². The van der Waals surface area contributed by atoms with Gasteiger partial charge in [-0.3, -0.25) is 4.79 Å². The Bertz CT molecular complexity index is 1100. The van der Waals surface area contributed by atoms with Gasteiger partial charge < -0.3 is 9.47 Å². The first-order valence-corrected chi connectivity index (χ1v) is 12.3. The third-order valence-electron chi connectivity index (χ3n) is 5.75. The predicted molar refractivity (Wildman–Crippen MR) is 147 cm³/mol. The highest BCUT2D eigenvalue weighted by Crippen LogP contribution is 2.40. The molecule has 0 saturated heterocycles. The summed E-state index contributed by atoms with van der Waals surface area (Å²) >= 11 is 0. The van der Waals surface area contributed by atoms with E-state index in [2.05, 4.69) is 6.58 Å². The van der Waals surface area contributed by atoms with Crippen molar-refractivity contribution in [1.82, 2.24) is 4.90 Å². The third kappa shape index (κ3) is 6.63. The molecular formula is C32H35NO4. The maximum absolute atomic E-state index is 13.2. The van der Waals surface area contributed by atoms with Crippen molar-refractivity contribution in [1.29, 1.82) is 0 Å². The Morgan fingerprint density at radius 1 is 0.838 bits per heavy atom. The molecule has 5 nitrogen and oxygen atoms in total. The number of ether oxygens (including phenoxy) is 2. The average molecular weight is 498 g/mol. The van der Waals surface area contributed by atoms with Gasteiger partial charge in [0.1, 0.15) is 11.2 Å².